The Morgan fingerprint density at radius 3 is 1.45 bits per heavy atom. The summed E-state index contributed by atoms with van der Waals surface area (Å²) in [4.78, 5) is 4.94. The molecule has 7 aromatic carbocycles. The van der Waals surface area contributed by atoms with E-state index in [1.807, 2.05) is 12.2 Å². The van der Waals surface area contributed by atoms with Gasteiger partial charge in [0.25, 0.3) is 0 Å². The van der Waals surface area contributed by atoms with Crippen LogP contribution in [0.5, 0.6) is 0 Å². The van der Waals surface area contributed by atoms with Crippen LogP contribution in [0.2, 0.25) is 0 Å². The van der Waals surface area contributed by atoms with Crippen molar-refractivity contribution in [1.29, 1.82) is 0 Å². The number of anilines is 4. The summed E-state index contributed by atoms with van der Waals surface area (Å²) in [5.74, 6) is 0.465. The minimum Gasteiger partial charge on any atom is -0.314 e. The van der Waals surface area contributed by atoms with E-state index in [0.717, 1.165) is 74.9 Å². The van der Waals surface area contributed by atoms with E-state index in [9.17, 15) is 0 Å². The number of hydrogen-bond acceptors (Lipinski definition) is 2. The third-order valence-corrected chi connectivity index (χ3v) is 18.2. The van der Waals surface area contributed by atoms with Crippen LogP contribution < -0.4 is 9.80 Å². The minimum absolute atomic E-state index is 0.0653. The topological polar surface area (TPSA) is 6.48 Å². The van der Waals surface area contributed by atoms with Gasteiger partial charge < -0.3 is 9.80 Å². The lowest BCUT2D eigenvalue weighted by Gasteiger charge is -2.38. The van der Waals surface area contributed by atoms with Crippen LogP contribution in [-0.2, 0) is 10.8 Å². The first-order valence-electron chi connectivity index (χ1n) is 27.5. The predicted octanol–water partition coefficient (Wildman–Crippen LogP) is 21.4. The van der Waals surface area contributed by atoms with Gasteiger partial charge >= 0.3 is 0 Å². The van der Waals surface area contributed by atoms with Crippen molar-refractivity contribution < 1.29 is 0 Å². The van der Waals surface area contributed by atoms with Gasteiger partial charge in [-0.05, 0) is 201 Å². The Labute approximate surface area is 464 Å². The number of fused-ring (bicyclic) bond motifs is 6. The molecular formula is C71H70Br2N2. The average molecular weight is 1110 g/mol. The second-order valence-electron chi connectivity index (χ2n) is 22.6. The van der Waals surface area contributed by atoms with Crippen molar-refractivity contribution in [2.75, 3.05) is 9.80 Å². The first-order valence-corrected chi connectivity index (χ1v) is 29.1. The molecule has 1 unspecified atom stereocenters. The molecule has 2 nitrogen and oxygen atoms in total. The second-order valence-corrected chi connectivity index (χ2v) is 24.4. The van der Waals surface area contributed by atoms with Crippen LogP contribution in [0.15, 0.2) is 203 Å². The summed E-state index contributed by atoms with van der Waals surface area (Å²) in [5.41, 5.74) is 23.9. The smallest absolute Gasteiger partial charge is 0.0714 e. The summed E-state index contributed by atoms with van der Waals surface area (Å²) < 4.78 is 2.23. The fraction of sp³-hybridized carbons (Fsp3) is 0.268. The Morgan fingerprint density at radius 1 is 0.547 bits per heavy atom. The minimum atomic E-state index is -0.654. The van der Waals surface area contributed by atoms with Gasteiger partial charge in [-0.25, -0.2) is 0 Å². The molecule has 0 radical (unpaired) electrons. The summed E-state index contributed by atoms with van der Waals surface area (Å²) in [6.07, 6.45) is 21.0. The monoisotopic (exact) mass is 1110 g/mol. The normalized spacial score (nSPS) is 17.9. The van der Waals surface area contributed by atoms with Gasteiger partial charge in [0.2, 0.25) is 0 Å². The molecule has 2 atom stereocenters. The zero-order valence-electron chi connectivity index (χ0n) is 44.7. The molecule has 75 heavy (non-hydrogen) atoms. The highest BCUT2D eigenvalue weighted by Gasteiger charge is 2.50. The van der Waals surface area contributed by atoms with Crippen LogP contribution in [0.1, 0.15) is 144 Å². The van der Waals surface area contributed by atoms with E-state index in [4.69, 9.17) is 0 Å². The molecule has 0 spiro atoms. The van der Waals surface area contributed by atoms with E-state index in [1.54, 1.807) is 0 Å². The van der Waals surface area contributed by atoms with E-state index in [1.165, 1.54) is 98.3 Å². The van der Waals surface area contributed by atoms with Crippen LogP contribution in [0.25, 0.3) is 34.4 Å². The molecule has 0 saturated carbocycles. The van der Waals surface area contributed by atoms with Gasteiger partial charge in [-0.15, -0.1) is 0 Å². The fourth-order valence-electron chi connectivity index (χ4n) is 13.0. The average Bonchev–Trinajstić information content (AvgIpc) is 3.93. The summed E-state index contributed by atoms with van der Waals surface area (Å²) >= 11 is 8.01. The Morgan fingerprint density at radius 2 is 1.00 bits per heavy atom. The maximum atomic E-state index is 4.07. The molecule has 4 aliphatic carbocycles. The summed E-state index contributed by atoms with van der Waals surface area (Å²) in [6.45, 7) is 22.1. The zero-order valence-corrected chi connectivity index (χ0v) is 47.9. The van der Waals surface area contributed by atoms with Gasteiger partial charge in [0, 0.05) is 48.5 Å². The molecule has 0 aliphatic heterocycles. The van der Waals surface area contributed by atoms with Crippen molar-refractivity contribution in [3.8, 4) is 22.3 Å². The molecular weight excluding hydrogens is 1040 g/mol. The lowest BCUT2D eigenvalue weighted by atomic mass is 9.66. The van der Waals surface area contributed by atoms with Gasteiger partial charge in [-0.3, -0.25) is 0 Å². The molecule has 4 heteroatoms. The highest BCUT2D eigenvalue weighted by Crippen LogP contribution is 2.62. The molecule has 0 bridgehead atoms. The molecule has 7 aromatic rings. The van der Waals surface area contributed by atoms with E-state index >= 15 is 0 Å². The molecule has 0 amide bonds. The van der Waals surface area contributed by atoms with E-state index in [-0.39, 0.29) is 10.8 Å². The number of unbranched alkanes of at least 4 members (excludes halogenated alkanes) is 2. The molecule has 0 aromatic heterocycles. The maximum absolute atomic E-state index is 4.07. The summed E-state index contributed by atoms with van der Waals surface area (Å²) in [5, 5.41) is 0. The van der Waals surface area contributed by atoms with Crippen molar-refractivity contribution >= 4 is 66.8 Å². The zero-order chi connectivity index (χ0) is 52.2. The third-order valence-electron chi connectivity index (χ3n) is 17.2. The first kappa shape index (κ1) is 50.9. The number of halogens is 2. The van der Waals surface area contributed by atoms with E-state index in [0.29, 0.717) is 5.92 Å². The van der Waals surface area contributed by atoms with Gasteiger partial charge in [0.1, 0.15) is 0 Å². The van der Waals surface area contributed by atoms with Crippen LogP contribution in [0, 0.1) is 11.3 Å². The van der Waals surface area contributed by atoms with Crippen molar-refractivity contribution in [2.24, 2.45) is 11.3 Å². The van der Waals surface area contributed by atoms with Crippen molar-refractivity contribution in [3.05, 3.63) is 247 Å². The Balaban J connectivity index is 1.15. The number of rotatable bonds is 16. The standard InChI is InChI=1S/C71H70Br2N2/c1-9-13-41-70(42-14-10-2)64-43-53(72)26-38-60(64)62-46-67-63(45-65(62)70)61-39-27-54(73)44-66(61)71(67,52-24-36-59(37-25-52)75(68-40-15-47(68)5)58-30-18-49(12-4)19-31-58)51-22-34-57(35-23-51)74(55-28-16-48(11-3)17-29-55)56-32-20-50(21-33-56)69(6,7)8/h11-12,16-20,22-32,34-40,43-47H,3-4,9-10,13-15,21,33,41-42H2,1-2,5-8H3/t47-,71?/m0/s1. The Kier molecular flexibility index (Phi) is 13.8. The van der Waals surface area contributed by atoms with Crippen LogP contribution in [0.3, 0.4) is 0 Å². The largest absolute Gasteiger partial charge is 0.314 e. The number of nitrogens with zero attached hydrogens (tertiary/aromatic N) is 2. The van der Waals surface area contributed by atoms with Crippen molar-refractivity contribution in [1.82, 2.24) is 0 Å². The number of allylic oxidation sites excluding steroid dienone is 6. The molecule has 378 valence electrons. The highest BCUT2D eigenvalue weighted by atomic mass is 79.9. The molecule has 0 fully saturated rings. The van der Waals surface area contributed by atoms with Crippen LogP contribution in [-0.4, -0.2) is 0 Å². The lowest BCUT2D eigenvalue weighted by Crippen LogP contribution is -2.30. The summed E-state index contributed by atoms with van der Waals surface area (Å²) in [7, 11) is 0. The molecule has 0 N–H and O–H groups in total. The van der Waals surface area contributed by atoms with E-state index < -0.39 is 5.41 Å². The lowest BCUT2D eigenvalue weighted by molar-refractivity contribution is 0.414. The number of hydrogen-bond donors (Lipinski definition) is 0. The Hall–Kier alpha value is -6.20. The van der Waals surface area contributed by atoms with Gasteiger partial charge in [0.05, 0.1) is 5.41 Å². The molecule has 0 heterocycles. The fourth-order valence-corrected chi connectivity index (χ4v) is 13.8. The SMILES string of the molecule is C=Cc1ccc(N(C2=CC=C(C(C)(C)C)CC2)c2ccc(C3(c4ccc(N(C5=CC[C@@H]5C)c5ccc(C=C)cc5)cc4)c4cc(Br)ccc4-c4cc5c(cc43)-c3ccc(Br)cc3C5(CCCC)CCCC)cc2)cc1. The molecule has 0 saturated heterocycles. The van der Waals surface area contributed by atoms with Gasteiger partial charge in [-0.1, -0.05) is 203 Å². The predicted molar refractivity (Wildman–Crippen MR) is 328 cm³/mol. The summed E-state index contributed by atoms with van der Waals surface area (Å²) in [6, 6.07) is 56.4. The molecule has 11 rings (SSSR count). The number of benzene rings is 7. The van der Waals surface area contributed by atoms with E-state index in [2.05, 4.69) is 260 Å². The van der Waals surface area contributed by atoms with Crippen LogP contribution >= 0.6 is 31.9 Å². The Bertz CT molecular complexity index is 3410. The molecule has 4 aliphatic rings. The van der Waals surface area contributed by atoms with Gasteiger partial charge in [-0.2, -0.15) is 0 Å². The van der Waals surface area contributed by atoms with Crippen molar-refractivity contribution in [3.63, 3.8) is 0 Å². The quantitative estimate of drug-likeness (QED) is 0.0951. The highest BCUT2D eigenvalue weighted by molar-refractivity contribution is 9.10. The first-order chi connectivity index (χ1) is 36.3. The van der Waals surface area contributed by atoms with Crippen LogP contribution in [0.4, 0.5) is 22.7 Å². The second kappa shape index (κ2) is 20.4. The third kappa shape index (κ3) is 8.78. The van der Waals surface area contributed by atoms with Crippen molar-refractivity contribution in [2.45, 2.75) is 110 Å². The van der Waals surface area contributed by atoms with Gasteiger partial charge in [0.15, 0.2) is 0 Å². The maximum Gasteiger partial charge on any atom is 0.0714 e.